The number of hydrogen-bond acceptors (Lipinski definition) is 5. The number of fused-ring (bicyclic) bond motifs is 1. The van der Waals surface area contributed by atoms with Crippen LogP contribution in [0.25, 0.3) is 10.9 Å². The van der Waals surface area contributed by atoms with Crippen LogP contribution in [0.15, 0.2) is 30.6 Å². The maximum atomic E-state index is 13.2. The normalized spacial score (nSPS) is 10.8. The van der Waals surface area contributed by atoms with Gasteiger partial charge in [0.25, 0.3) is 5.91 Å². The van der Waals surface area contributed by atoms with Gasteiger partial charge < -0.3 is 20.4 Å². The summed E-state index contributed by atoms with van der Waals surface area (Å²) in [7, 11) is 1.53. The Balaban J connectivity index is 1.96. The lowest BCUT2D eigenvalue weighted by molar-refractivity contribution is -0.114. The second kappa shape index (κ2) is 9.25. The van der Waals surface area contributed by atoms with Crippen LogP contribution in [0.4, 0.5) is 5.82 Å². The number of nitrogens with one attached hydrogen (secondary N) is 3. The first kappa shape index (κ1) is 21.8. The van der Waals surface area contributed by atoms with E-state index in [1.165, 1.54) is 38.6 Å². The van der Waals surface area contributed by atoms with Gasteiger partial charge in [-0.15, -0.1) is 0 Å². The summed E-state index contributed by atoms with van der Waals surface area (Å²) < 4.78 is 4.89. The van der Waals surface area contributed by atoms with Crippen LogP contribution in [0.5, 0.6) is 0 Å². The average molecular weight is 449 g/mol. The van der Waals surface area contributed by atoms with E-state index in [-0.39, 0.29) is 33.0 Å². The van der Waals surface area contributed by atoms with E-state index in [0.29, 0.717) is 35.4 Å². The van der Waals surface area contributed by atoms with Crippen LogP contribution in [0.3, 0.4) is 0 Å². The Kier molecular flexibility index (Phi) is 6.71. The summed E-state index contributed by atoms with van der Waals surface area (Å²) >= 11 is 12.6. The Morgan fingerprint density at radius 3 is 2.53 bits per heavy atom. The van der Waals surface area contributed by atoms with Crippen LogP contribution >= 0.6 is 23.2 Å². The number of halogens is 2. The molecule has 0 bridgehead atoms. The monoisotopic (exact) mass is 448 g/mol. The van der Waals surface area contributed by atoms with Gasteiger partial charge in [0.1, 0.15) is 0 Å². The Bertz CT molecular complexity index is 1120. The van der Waals surface area contributed by atoms with Crippen molar-refractivity contribution in [1.82, 2.24) is 15.3 Å². The predicted octanol–water partition coefficient (Wildman–Crippen LogP) is 3.44. The summed E-state index contributed by atoms with van der Waals surface area (Å²) in [4.78, 5) is 43.8. The molecule has 3 N–H and O–H groups in total. The number of H-pyrrole nitrogens is 1. The molecule has 0 aliphatic heterocycles. The number of anilines is 1. The fourth-order valence-corrected chi connectivity index (χ4v) is 3.59. The van der Waals surface area contributed by atoms with Gasteiger partial charge in [0.05, 0.1) is 27.7 Å². The van der Waals surface area contributed by atoms with Gasteiger partial charge in [-0.05, 0) is 18.2 Å². The van der Waals surface area contributed by atoms with Crippen molar-refractivity contribution in [2.24, 2.45) is 0 Å². The summed E-state index contributed by atoms with van der Waals surface area (Å²) in [5.74, 6) is -0.794. The number of benzene rings is 1. The van der Waals surface area contributed by atoms with Gasteiger partial charge in [0, 0.05) is 49.5 Å². The molecule has 2 aromatic heterocycles. The standard InChI is InChI=1S/C20H18Cl2N4O4/c1-10(27)26-19-17-12(3-4-23-19)13(9-25-17)18(28)16-14(21)7-11(8-15(16)22)20(29)24-5-6-30-2/h3-4,7-9,25H,5-6H2,1-2H3,(H,24,29)(H,23,26,27). The number of amides is 2. The third-order valence-corrected chi connectivity index (χ3v) is 4.86. The predicted molar refractivity (Wildman–Crippen MR) is 115 cm³/mol. The largest absolute Gasteiger partial charge is 0.383 e. The molecule has 0 saturated carbocycles. The highest BCUT2D eigenvalue weighted by atomic mass is 35.5. The molecule has 0 unspecified atom stereocenters. The summed E-state index contributed by atoms with van der Waals surface area (Å²) in [6.45, 7) is 2.05. The lowest BCUT2D eigenvalue weighted by Crippen LogP contribution is -2.27. The number of carbonyl (C=O) groups excluding carboxylic acids is 3. The molecule has 30 heavy (non-hydrogen) atoms. The van der Waals surface area contributed by atoms with Crippen molar-refractivity contribution >= 4 is 57.5 Å². The number of aromatic nitrogens is 2. The molecule has 0 saturated heterocycles. The third kappa shape index (κ3) is 4.46. The highest BCUT2D eigenvalue weighted by molar-refractivity contribution is 6.42. The second-order valence-electron chi connectivity index (χ2n) is 6.36. The molecule has 1 aromatic carbocycles. The van der Waals surface area contributed by atoms with Crippen LogP contribution in [0.2, 0.25) is 10.0 Å². The fourth-order valence-electron chi connectivity index (χ4n) is 2.93. The van der Waals surface area contributed by atoms with E-state index in [1.54, 1.807) is 6.07 Å². The zero-order chi connectivity index (χ0) is 21.8. The Hall–Kier alpha value is -2.94. The first-order valence-electron chi connectivity index (χ1n) is 8.88. The van der Waals surface area contributed by atoms with E-state index in [2.05, 4.69) is 20.6 Å². The lowest BCUT2D eigenvalue weighted by Gasteiger charge is -2.10. The first-order valence-corrected chi connectivity index (χ1v) is 9.63. The summed E-state index contributed by atoms with van der Waals surface area (Å²) in [5, 5.41) is 5.92. The number of ether oxygens (including phenoxy) is 1. The zero-order valence-corrected chi connectivity index (χ0v) is 17.6. The van der Waals surface area contributed by atoms with Crippen LogP contribution < -0.4 is 10.6 Å². The fraction of sp³-hybridized carbons (Fsp3) is 0.200. The van der Waals surface area contributed by atoms with Gasteiger partial charge in [0.2, 0.25) is 5.91 Å². The molecule has 0 fully saturated rings. The number of ketones is 1. The average Bonchev–Trinajstić information content (AvgIpc) is 3.12. The van der Waals surface area contributed by atoms with Gasteiger partial charge >= 0.3 is 0 Å². The van der Waals surface area contributed by atoms with Crippen molar-refractivity contribution in [2.45, 2.75) is 6.92 Å². The van der Waals surface area contributed by atoms with E-state index < -0.39 is 5.78 Å². The maximum Gasteiger partial charge on any atom is 0.251 e. The topological polar surface area (TPSA) is 113 Å². The van der Waals surface area contributed by atoms with Crippen LogP contribution in [0, 0.1) is 0 Å². The summed E-state index contributed by atoms with van der Waals surface area (Å²) in [5.41, 5.74) is 1.11. The molecule has 10 heteroatoms. The quantitative estimate of drug-likeness (QED) is 0.378. The van der Waals surface area contributed by atoms with Crippen LogP contribution in [0.1, 0.15) is 33.2 Å². The van der Waals surface area contributed by atoms with Crippen LogP contribution in [-0.4, -0.2) is 47.8 Å². The SMILES string of the molecule is COCCNC(=O)c1cc(Cl)c(C(=O)c2c[nH]c3c(NC(C)=O)nccc23)c(Cl)c1. The number of rotatable bonds is 7. The van der Waals surface area contributed by atoms with E-state index in [9.17, 15) is 14.4 Å². The molecule has 3 rings (SSSR count). The molecule has 0 aliphatic rings. The van der Waals surface area contributed by atoms with Gasteiger partial charge in [-0.2, -0.15) is 0 Å². The first-order chi connectivity index (χ1) is 14.3. The molecule has 0 radical (unpaired) electrons. The Labute approximate surface area is 181 Å². The molecule has 156 valence electrons. The van der Waals surface area contributed by atoms with Crippen molar-refractivity contribution in [3.05, 3.63) is 57.3 Å². The molecule has 0 atom stereocenters. The minimum absolute atomic E-state index is 0.0508. The molecule has 3 aromatic rings. The molecule has 0 spiro atoms. The van der Waals surface area contributed by atoms with Gasteiger partial charge in [0.15, 0.2) is 11.6 Å². The second-order valence-corrected chi connectivity index (χ2v) is 7.17. The van der Waals surface area contributed by atoms with E-state index >= 15 is 0 Å². The number of pyridine rings is 1. The Morgan fingerprint density at radius 1 is 1.20 bits per heavy atom. The molecule has 2 amide bonds. The maximum absolute atomic E-state index is 13.2. The molecule has 0 aliphatic carbocycles. The highest BCUT2D eigenvalue weighted by Gasteiger charge is 2.23. The molecular formula is C20H18Cl2N4O4. The number of carbonyl (C=O) groups is 3. The molecule has 8 nitrogen and oxygen atoms in total. The van der Waals surface area contributed by atoms with Crippen LogP contribution in [-0.2, 0) is 9.53 Å². The Morgan fingerprint density at radius 2 is 1.90 bits per heavy atom. The third-order valence-electron chi connectivity index (χ3n) is 4.26. The van der Waals surface area contributed by atoms with Crippen molar-refractivity contribution in [1.29, 1.82) is 0 Å². The van der Waals surface area contributed by atoms with Crippen molar-refractivity contribution in [2.75, 3.05) is 25.6 Å². The summed E-state index contributed by atoms with van der Waals surface area (Å²) in [6, 6.07) is 4.42. The van der Waals surface area contributed by atoms with E-state index in [1.807, 2.05) is 0 Å². The number of aromatic amines is 1. The minimum atomic E-state index is -0.428. The summed E-state index contributed by atoms with van der Waals surface area (Å²) in [6.07, 6.45) is 2.98. The zero-order valence-electron chi connectivity index (χ0n) is 16.1. The molecule has 2 heterocycles. The van der Waals surface area contributed by atoms with E-state index in [4.69, 9.17) is 27.9 Å². The lowest BCUT2D eigenvalue weighted by atomic mass is 10.0. The number of methoxy groups -OCH3 is 1. The minimum Gasteiger partial charge on any atom is -0.383 e. The molecular weight excluding hydrogens is 431 g/mol. The van der Waals surface area contributed by atoms with Crippen molar-refractivity contribution in [3.8, 4) is 0 Å². The van der Waals surface area contributed by atoms with Crippen molar-refractivity contribution < 1.29 is 19.1 Å². The van der Waals surface area contributed by atoms with Crippen molar-refractivity contribution in [3.63, 3.8) is 0 Å². The highest BCUT2D eigenvalue weighted by Crippen LogP contribution is 2.32. The smallest absolute Gasteiger partial charge is 0.251 e. The van der Waals surface area contributed by atoms with Gasteiger partial charge in [-0.3, -0.25) is 14.4 Å². The number of nitrogens with zero attached hydrogens (tertiary/aromatic N) is 1. The van der Waals surface area contributed by atoms with Gasteiger partial charge in [-0.1, -0.05) is 23.2 Å². The number of hydrogen-bond donors (Lipinski definition) is 3. The van der Waals surface area contributed by atoms with E-state index in [0.717, 1.165) is 0 Å². The van der Waals surface area contributed by atoms with Gasteiger partial charge in [-0.25, -0.2) is 4.98 Å².